The molecule has 1 aliphatic heterocycles. The molecule has 1 N–H and O–H groups in total. The molecule has 0 aromatic heterocycles. The summed E-state index contributed by atoms with van der Waals surface area (Å²) in [5.41, 5.74) is 2.57. The zero-order valence-corrected chi connectivity index (χ0v) is 19.2. The quantitative estimate of drug-likeness (QED) is 0.353. The average molecular weight is 448 g/mol. The van der Waals surface area contributed by atoms with Gasteiger partial charge in [-0.05, 0) is 54.0 Å². The van der Waals surface area contributed by atoms with Gasteiger partial charge in [0.05, 0.1) is 0 Å². The molecule has 0 unspecified atom stereocenters. The smallest absolute Gasteiger partial charge is 0.297 e. The molecule has 0 spiro atoms. The molecule has 1 heterocycles. The molecule has 4 aromatic carbocycles. The lowest BCUT2D eigenvalue weighted by Crippen LogP contribution is -2.38. The summed E-state index contributed by atoms with van der Waals surface area (Å²) in [6.07, 6.45) is 2.28. The normalized spacial score (nSPS) is 18.1. The molecule has 1 aliphatic rings. The van der Waals surface area contributed by atoms with E-state index in [1.54, 1.807) is 6.07 Å². The Balaban J connectivity index is 1.73. The van der Waals surface area contributed by atoms with Crippen molar-refractivity contribution in [2.45, 2.75) is 25.9 Å². The summed E-state index contributed by atoms with van der Waals surface area (Å²) in [5, 5.41) is 12.9. The Labute approximate surface area is 198 Å². The topological polar surface area (TPSA) is 58.9 Å². The lowest BCUT2D eigenvalue weighted by atomic mass is 9.81. The lowest BCUT2D eigenvalue weighted by Gasteiger charge is -2.30. The number of aliphatic imine (C=N–C) groups is 1. The maximum Gasteiger partial charge on any atom is 0.297 e. The molecule has 1 amide bonds. The third-order valence-electron chi connectivity index (χ3n) is 6.34. The van der Waals surface area contributed by atoms with E-state index in [0.717, 1.165) is 27.5 Å². The van der Waals surface area contributed by atoms with Crippen molar-refractivity contribution in [2.24, 2.45) is 4.99 Å². The van der Waals surface area contributed by atoms with Crippen LogP contribution in [0.5, 0.6) is 5.75 Å². The van der Waals surface area contributed by atoms with Crippen molar-refractivity contribution in [1.29, 1.82) is 0 Å². The highest BCUT2D eigenvalue weighted by Crippen LogP contribution is 2.45. The second-order valence-electron chi connectivity index (χ2n) is 8.52. The monoisotopic (exact) mass is 447 g/mol. The minimum absolute atomic E-state index is 0.0916. The predicted octanol–water partition coefficient (Wildman–Crippen LogP) is 6.55. The first-order chi connectivity index (χ1) is 16.5. The lowest BCUT2D eigenvalue weighted by molar-refractivity contribution is -0.126. The van der Waals surface area contributed by atoms with Gasteiger partial charge in [-0.1, -0.05) is 85.3 Å². The standard InChI is InChI=1S/C30H25NO3/c1-3-30(29(33)31-28(34-30)23-15-13-20(2)14-16-23)25(19-21-9-5-4-6-10-21)27-24-12-8-7-11-22(24)17-18-26(27)32/h4-19,32H,3H2,1-2H3/b25-19+/t30-/m1/s1. The number of hydrogen-bond acceptors (Lipinski definition) is 3. The Kier molecular flexibility index (Phi) is 5.50. The molecular formula is C30H25NO3. The maximum absolute atomic E-state index is 13.6. The van der Waals surface area contributed by atoms with Gasteiger partial charge >= 0.3 is 0 Å². The van der Waals surface area contributed by atoms with Crippen LogP contribution in [-0.4, -0.2) is 22.5 Å². The molecule has 0 radical (unpaired) electrons. The Morgan fingerprint density at radius 3 is 2.38 bits per heavy atom. The summed E-state index contributed by atoms with van der Waals surface area (Å²) in [7, 11) is 0. The van der Waals surface area contributed by atoms with Gasteiger partial charge in [0, 0.05) is 16.7 Å². The first-order valence-corrected chi connectivity index (χ1v) is 11.4. The highest BCUT2D eigenvalue weighted by atomic mass is 16.5. The maximum atomic E-state index is 13.6. The van der Waals surface area contributed by atoms with Gasteiger partial charge in [-0.25, -0.2) is 0 Å². The fourth-order valence-corrected chi connectivity index (χ4v) is 4.47. The number of ether oxygens (including phenoxy) is 1. The Morgan fingerprint density at radius 1 is 0.941 bits per heavy atom. The zero-order chi connectivity index (χ0) is 23.7. The van der Waals surface area contributed by atoms with Gasteiger partial charge in [0.1, 0.15) is 5.75 Å². The van der Waals surface area contributed by atoms with Gasteiger partial charge in [0.2, 0.25) is 11.5 Å². The summed E-state index contributed by atoms with van der Waals surface area (Å²) in [6, 6.07) is 28.9. The fourth-order valence-electron chi connectivity index (χ4n) is 4.47. The molecule has 0 saturated heterocycles. The zero-order valence-electron chi connectivity index (χ0n) is 19.2. The largest absolute Gasteiger partial charge is 0.507 e. The van der Waals surface area contributed by atoms with Crippen molar-refractivity contribution in [3.05, 3.63) is 113 Å². The van der Waals surface area contributed by atoms with E-state index in [9.17, 15) is 9.90 Å². The first-order valence-electron chi connectivity index (χ1n) is 11.4. The molecule has 34 heavy (non-hydrogen) atoms. The van der Waals surface area contributed by atoms with Gasteiger partial charge in [-0.2, -0.15) is 4.99 Å². The molecule has 4 nitrogen and oxygen atoms in total. The number of aromatic hydroxyl groups is 1. The number of carbonyl (C=O) groups is 1. The number of fused-ring (bicyclic) bond motifs is 1. The summed E-state index contributed by atoms with van der Waals surface area (Å²) in [4.78, 5) is 17.9. The van der Waals surface area contributed by atoms with E-state index in [1.165, 1.54) is 0 Å². The van der Waals surface area contributed by atoms with E-state index in [0.29, 0.717) is 23.5 Å². The first kappa shape index (κ1) is 21.7. The summed E-state index contributed by atoms with van der Waals surface area (Å²) in [6.45, 7) is 3.92. The van der Waals surface area contributed by atoms with Crippen LogP contribution >= 0.6 is 0 Å². The van der Waals surface area contributed by atoms with Crippen molar-refractivity contribution >= 4 is 34.2 Å². The van der Waals surface area contributed by atoms with Crippen LogP contribution in [0.2, 0.25) is 0 Å². The molecule has 1 atom stereocenters. The van der Waals surface area contributed by atoms with Crippen LogP contribution < -0.4 is 0 Å². The minimum atomic E-state index is -1.36. The Morgan fingerprint density at radius 2 is 1.65 bits per heavy atom. The number of hydrogen-bond donors (Lipinski definition) is 1. The van der Waals surface area contributed by atoms with E-state index in [2.05, 4.69) is 4.99 Å². The number of amides is 1. The van der Waals surface area contributed by atoms with Crippen molar-refractivity contribution in [2.75, 3.05) is 0 Å². The van der Waals surface area contributed by atoms with Crippen LogP contribution in [0.4, 0.5) is 0 Å². The number of phenolic OH excluding ortho intramolecular Hbond substituents is 1. The Hall–Kier alpha value is -4.18. The van der Waals surface area contributed by atoms with E-state index < -0.39 is 5.60 Å². The third kappa shape index (κ3) is 3.67. The number of benzene rings is 4. The molecule has 0 saturated carbocycles. The van der Waals surface area contributed by atoms with Crippen molar-refractivity contribution in [3.8, 4) is 5.75 Å². The van der Waals surface area contributed by atoms with E-state index in [-0.39, 0.29) is 11.7 Å². The summed E-state index contributed by atoms with van der Waals surface area (Å²) < 4.78 is 6.45. The van der Waals surface area contributed by atoms with Crippen LogP contribution in [0.15, 0.2) is 96.0 Å². The molecule has 4 heteroatoms. The number of rotatable bonds is 5. The average Bonchev–Trinajstić information content (AvgIpc) is 3.21. The molecule has 0 bridgehead atoms. The van der Waals surface area contributed by atoms with Crippen molar-refractivity contribution in [3.63, 3.8) is 0 Å². The minimum Gasteiger partial charge on any atom is -0.507 e. The van der Waals surface area contributed by atoms with Crippen LogP contribution in [0.3, 0.4) is 0 Å². The van der Waals surface area contributed by atoms with Gasteiger partial charge in [0.15, 0.2) is 0 Å². The second-order valence-corrected chi connectivity index (χ2v) is 8.52. The van der Waals surface area contributed by atoms with Crippen LogP contribution in [0.1, 0.15) is 35.6 Å². The molecule has 5 rings (SSSR count). The molecule has 168 valence electrons. The molecular weight excluding hydrogens is 422 g/mol. The van der Waals surface area contributed by atoms with Gasteiger partial charge < -0.3 is 9.84 Å². The van der Waals surface area contributed by atoms with Gasteiger partial charge in [0.25, 0.3) is 5.91 Å². The van der Waals surface area contributed by atoms with Crippen LogP contribution in [0.25, 0.3) is 22.4 Å². The summed E-state index contributed by atoms with van der Waals surface area (Å²) >= 11 is 0. The van der Waals surface area contributed by atoms with Crippen molar-refractivity contribution in [1.82, 2.24) is 0 Å². The SMILES string of the molecule is CC[C@]1(/C(=C/c2ccccc2)c2c(O)ccc3ccccc23)OC(c2ccc(C)cc2)=NC1=O. The summed E-state index contributed by atoms with van der Waals surface area (Å²) in [5.74, 6) is 0.0134. The van der Waals surface area contributed by atoms with E-state index >= 15 is 0 Å². The van der Waals surface area contributed by atoms with Gasteiger partial charge in [-0.15, -0.1) is 0 Å². The van der Waals surface area contributed by atoms with Crippen LogP contribution in [0, 0.1) is 6.92 Å². The van der Waals surface area contributed by atoms with Crippen LogP contribution in [-0.2, 0) is 9.53 Å². The Bertz CT molecular complexity index is 1440. The van der Waals surface area contributed by atoms with Crippen molar-refractivity contribution < 1.29 is 14.6 Å². The number of carbonyl (C=O) groups excluding carboxylic acids is 1. The third-order valence-corrected chi connectivity index (χ3v) is 6.34. The second kappa shape index (κ2) is 8.64. The molecule has 0 aliphatic carbocycles. The number of aryl methyl sites for hydroxylation is 1. The number of phenols is 1. The predicted molar refractivity (Wildman–Crippen MR) is 137 cm³/mol. The van der Waals surface area contributed by atoms with Gasteiger partial charge in [-0.3, -0.25) is 4.79 Å². The highest BCUT2D eigenvalue weighted by molar-refractivity contribution is 6.18. The molecule has 4 aromatic rings. The fraction of sp³-hybridized carbons (Fsp3) is 0.133. The van der Waals surface area contributed by atoms with E-state index in [1.807, 2.05) is 105 Å². The number of nitrogens with zero attached hydrogens (tertiary/aromatic N) is 1. The molecule has 0 fully saturated rings. The highest BCUT2D eigenvalue weighted by Gasteiger charge is 2.50. The van der Waals surface area contributed by atoms with E-state index in [4.69, 9.17) is 4.74 Å².